The van der Waals surface area contributed by atoms with E-state index in [0.29, 0.717) is 0 Å². The molecule has 0 spiro atoms. The van der Waals surface area contributed by atoms with E-state index < -0.39 is 0 Å². The molecule has 2 unspecified atom stereocenters. The summed E-state index contributed by atoms with van der Waals surface area (Å²) in [6.07, 6.45) is 5.56. The van der Waals surface area contributed by atoms with Gasteiger partial charge in [-0.2, -0.15) is 5.26 Å². The minimum absolute atomic E-state index is 0.305. The summed E-state index contributed by atoms with van der Waals surface area (Å²) in [5.41, 5.74) is 0.949. The van der Waals surface area contributed by atoms with Gasteiger partial charge in [0.25, 0.3) is 0 Å². The molecule has 0 aromatic heterocycles. The number of rotatable bonds is 3. The summed E-state index contributed by atoms with van der Waals surface area (Å²) in [6.45, 7) is 3.09. The zero-order valence-electron chi connectivity index (χ0n) is 11.2. The number of nitriles is 1. The van der Waals surface area contributed by atoms with E-state index in [9.17, 15) is 5.26 Å². The van der Waals surface area contributed by atoms with Crippen molar-refractivity contribution in [2.24, 2.45) is 5.92 Å². The Kier molecular flexibility index (Phi) is 4.38. The summed E-state index contributed by atoms with van der Waals surface area (Å²) in [5.74, 6) is 0.763. The van der Waals surface area contributed by atoms with Crippen molar-refractivity contribution in [3.63, 3.8) is 0 Å². The molecule has 2 rings (SSSR count). The molecule has 1 aliphatic rings. The van der Waals surface area contributed by atoms with Gasteiger partial charge in [-0.1, -0.05) is 50.1 Å². The summed E-state index contributed by atoms with van der Waals surface area (Å²) in [4.78, 5) is 0. The second-order valence-corrected chi connectivity index (χ2v) is 5.57. The minimum Gasteiger partial charge on any atom is -0.295 e. The lowest BCUT2D eigenvalue weighted by molar-refractivity contribution is 0.359. The normalized spacial score (nSPS) is 28.3. The molecule has 2 heteroatoms. The fraction of sp³-hybridized carbons (Fsp3) is 0.562. The Morgan fingerprint density at radius 1 is 1.28 bits per heavy atom. The van der Waals surface area contributed by atoms with E-state index in [2.05, 4.69) is 30.4 Å². The molecule has 0 aliphatic heterocycles. The molecule has 2 atom stereocenters. The monoisotopic (exact) mass is 242 g/mol. The molecule has 2 nitrogen and oxygen atoms in total. The first kappa shape index (κ1) is 13.1. The molecule has 1 aromatic rings. The van der Waals surface area contributed by atoms with Gasteiger partial charge in [0, 0.05) is 6.54 Å². The number of hydrogen-bond acceptors (Lipinski definition) is 2. The van der Waals surface area contributed by atoms with Gasteiger partial charge in [0.05, 0.1) is 6.07 Å². The summed E-state index contributed by atoms with van der Waals surface area (Å²) >= 11 is 0. The van der Waals surface area contributed by atoms with Crippen LogP contribution in [0.4, 0.5) is 0 Å². The van der Waals surface area contributed by atoms with Crippen LogP contribution in [-0.4, -0.2) is 5.54 Å². The predicted octanol–water partition coefficient (Wildman–Crippen LogP) is 3.64. The van der Waals surface area contributed by atoms with Gasteiger partial charge in [0.2, 0.25) is 0 Å². The highest BCUT2D eigenvalue weighted by Crippen LogP contribution is 2.30. The molecule has 18 heavy (non-hydrogen) atoms. The molecule has 96 valence electrons. The lowest BCUT2D eigenvalue weighted by atomic mass is 9.91. The van der Waals surface area contributed by atoms with Crippen LogP contribution >= 0.6 is 0 Å². The minimum atomic E-state index is -0.305. The van der Waals surface area contributed by atoms with Gasteiger partial charge in [-0.15, -0.1) is 0 Å². The van der Waals surface area contributed by atoms with Crippen LogP contribution in [-0.2, 0) is 6.54 Å². The first-order valence-electron chi connectivity index (χ1n) is 6.94. The Hall–Kier alpha value is -1.33. The fourth-order valence-electron chi connectivity index (χ4n) is 2.71. The van der Waals surface area contributed by atoms with E-state index in [-0.39, 0.29) is 5.54 Å². The molecule has 0 radical (unpaired) electrons. The van der Waals surface area contributed by atoms with Crippen LogP contribution in [0.15, 0.2) is 30.3 Å². The van der Waals surface area contributed by atoms with Gasteiger partial charge >= 0.3 is 0 Å². The molecular formula is C16H22N2. The first-order chi connectivity index (χ1) is 8.74. The Bertz CT molecular complexity index is 407. The van der Waals surface area contributed by atoms with E-state index in [1.165, 1.54) is 12.0 Å². The van der Waals surface area contributed by atoms with Crippen LogP contribution in [0.2, 0.25) is 0 Å². The zero-order chi connectivity index (χ0) is 12.8. The Labute approximate surface area is 110 Å². The molecule has 0 bridgehead atoms. The fourth-order valence-corrected chi connectivity index (χ4v) is 2.71. The zero-order valence-corrected chi connectivity index (χ0v) is 11.2. The molecule has 1 fully saturated rings. The Morgan fingerprint density at radius 2 is 2.06 bits per heavy atom. The van der Waals surface area contributed by atoms with E-state index in [4.69, 9.17) is 0 Å². The van der Waals surface area contributed by atoms with E-state index in [1.807, 2.05) is 18.2 Å². The van der Waals surface area contributed by atoms with Gasteiger partial charge in [-0.3, -0.25) is 5.32 Å². The van der Waals surface area contributed by atoms with Crippen LogP contribution in [0.25, 0.3) is 0 Å². The van der Waals surface area contributed by atoms with Gasteiger partial charge in [-0.05, 0) is 30.7 Å². The Morgan fingerprint density at radius 3 is 2.78 bits per heavy atom. The summed E-state index contributed by atoms with van der Waals surface area (Å²) in [7, 11) is 0. The third kappa shape index (κ3) is 3.34. The lowest BCUT2D eigenvalue weighted by Gasteiger charge is -2.26. The maximum absolute atomic E-state index is 9.52. The van der Waals surface area contributed by atoms with Crippen molar-refractivity contribution in [3.8, 4) is 6.07 Å². The second-order valence-electron chi connectivity index (χ2n) is 5.57. The van der Waals surface area contributed by atoms with Crippen molar-refractivity contribution in [3.05, 3.63) is 35.9 Å². The largest absolute Gasteiger partial charge is 0.295 e. The quantitative estimate of drug-likeness (QED) is 0.821. The molecule has 0 saturated heterocycles. The molecule has 1 saturated carbocycles. The summed E-state index contributed by atoms with van der Waals surface area (Å²) < 4.78 is 0. The van der Waals surface area contributed by atoms with Gasteiger partial charge in [-0.25, -0.2) is 0 Å². The van der Waals surface area contributed by atoms with E-state index in [1.54, 1.807) is 0 Å². The van der Waals surface area contributed by atoms with Crippen molar-refractivity contribution in [2.75, 3.05) is 0 Å². The van der Waals surface area contributed by atoms with Gasteiger partial charge in [0.1, 0.15) is 5.54 Å². The van der Waals surface area contributed by atoms with Crippen LogP contribution in [0.3, 0.4) is 0 Å². The van der Waals surface area contributed by atoms with Crippen molar-refractivity contribution in [2.45, 2.75) is 51.1 Å². The van der Waals surface area contributed by atoms with Gasteiger partial charge < -0.3 is 0 Å². The highest BCUT2D eigenvalue weighted by atomic mass is 15.0. The van der Waals surface area contributed by atoms with Crippen molar-refractivity contribution < 1.29 is 0 Å². The average Bonchev–Trinajstić information content (AvgIpc) is 2.61. The standard InChI is InChI=1S/C16H22N2/c1-14-6-5-10-16(13-17,11-9-14)18-12-15-7-3-2-4-8-15/h2-4,7-8,14,18H,5-6,9-12H2,1H3. The topological polar surface area (TPSA) is 35.8 Å². The number of benzene rings is 1. The number of nitrogens with zero attached hydrogens (tertiary/aromatic N) is 1. The van der Waals surface area contributed by atoms with Crippen molar-refractivity contribution >= 4 is 0 Å². The molecule has 0 amide bonds. The van der Waals surface area contributed by atoms with Crippen LogP contribution in [0, 0.1) is 17.2 Å². The van der Waals surface area contributed by atoms with E-state index >= 15 is 0 Å². The van der Waals surface area contributed by atoms with Crippen LogP contribution in [0.5, 0.6) is 0 Å². The third-order valence-corrected chi connectivity index (χ3v) is 4.05. The maximum atomic E-state index is 9.52. The number of hydrogen-bond donors (Lipinski definition) is 1. The number of nitrogens with one attached hydrogen (secondary N) is 1. The van der Waals surface area contributed by atoms with E-state index in [0.717, 1.165) is 38.1 Å². The highest BCUT2D eigenvalue weighted by Gasteiger charge is 2.31. The van der Waals surface area contributed by atoms with Gasteiger partial charge in [0.15, 0.2) is 0 Å². The first-order valence-corrected chi connectivity index (χ1v) is 6.94. The van der Waals surface area contributed by atoms with Crippen molar-refractivity contribution in [1.29, 1.82) is 5.26 Å². The predicted molar refractivity (Wildman–Crippen MR) is 73.9 cm³/mol. The molecule has 1 aliphatic carbocycles. The van der Waals surface area contributed by atoms with Crippen LogP contribution < -0.4 is 5.32 Å². The summed E-state index contributed by atoms with van der Waals surface area (Å²) in [6, 6.07) is 12.9. The molecule has 1 aromatic carbocycles. The second kappa shape index (κ2) is 6.02. The smallest absolute Gasteiger partial charge is 0.107 e. The Balaban J connectivity index is 1.98. The molecular weight excluding hydrogens is 220 g/mol. The maximum Gasteiger partial charge on any atom is 0.107 e. The summed E-state index contributed by atoms with van der Waals surface area (Å²) in [5, 5.41) is 13.0. The SMILES string of the molecule is CC1CCCC(C#N)(NCc2ccccc2)CC1. The van der Waals surface area contributed by atoms with Crippen molar-refractivity contribution in [1.82, 2.24) is 5.32 Å². The third-order valence-electron chi connectivity index (χ3n) is 4.05. The molecule has 0 heterocycles. The molecule has 1 N–H and O–H groups in total. The highest BCUT2D eigenvalue weighted by molar-refractivity contribution is 5.16. The lowest BCUT2D eigenvalue weighted by Crippen LogP contribution is -2.43. The van der Waals surface area contributed by atoms with Crippen LogP contribution in [0.1, 0.15) is 44.6 Å². The average molecular weight is 242 g/mol.